The molecule has 1 aromatic heterocycles. The lowest BCUT2D eigenvalue weighted by atomic mass is 10.1. The summed E-state index contributed by atoms with van der Waals surface area (Å²) in [4.78, 5) is 23.1. The van der Waals surface area contributed by atoms with Crippen molar-refractivity contribution in [1.29, 1.82) is 0 Å². The molecule has 7 heteroatoms. The third-order valence-corrected chi connectivity index (χ3v) is 2.92. The number of hydrogen-bond acceptors (Lipinski definition) is 4. The summed E-state index contributed by atoms with van der Waals surface area (Å²) in [5.41, 5.74) is 7.59. The number of aromatic nitrogens is 2. The van der Waals surface area contributed by atoms with Crippen molar-refractivity contribution in [3.8, 4) is 0 Å². The zero-order valence-electron chi connectivity index (χ0n) is 12.5. The van der Waals surface area contributed by atoms with Gasteiger partial charge in [-0.2, -0.15) is 5.10 Å². The maximum absolute atomic E-state index is 11.6. The Bertz CT molecular complexity index is 666. The lowest BCUT2D eigenvalue weighted by molar-refractivity contribution is 0.0905. The lowest BCUT2D eigenvalue weighted by Gasteiger charge is -2.07. The van der Waals surface area contributed by atoms with Crippen molar-refractivity contribution in [2.45, 2.75) is 20.3 Å². The molecule has 0 atom stereocenters. The normalized spacial score (nSPS) is 10.1. The number of amides is 2. The Morgan fingerprint density at radius 3 is 2.73 bits per heavy atom. The van der Waals surface area contributed by atoms with E-state index in [9.17, 15) is 9.59 Å². The highest BCUT2D eigenvalue weighted by atomic mass is 16.6. The average Bonchev–Trinajstić information content (AvgIpc) is 2.91. The number of nitrogens with one attached hydrogen (secondary N) is 3. The van der Waals surface area contributed by atoms with Crippen LogP contribution in [-0.2, 0) is 11.2 Å². The van der Waals surface area contributed by atoms with E-state index in [1.165, 1.54) is 0 Å². The van der Waals surface area contributed by atoms with Crippen molar-refractivity contribution in [2.24, 2.45) is 0 Å². The average molecular weight is 302 g/mol. The molecule has 0 aliphatic carbocycles. The number of nitrogens with zero attached hydrogens (tertiary/aromatic N) is 1. The van der Waals surface area contributed by atoms with Crippen LogP contribution < -0.4 is 10.9 Å². The number of H-pyrrole nitrogens is 1. The third kappa shape index (κ3) is 4.62. The highest BCUT2D eigenvalue weighted by Crippen LogP contribution is 2.04. The van der Waals surface area contributed by atoms with E-state index in [-0.39, 0.29) is 12.3 Å². The standard InChI is InChI=1S/C15H18N4O3/c1-10-4-3-5-12(8-10)6-7-22-15(21)19-18-14(20)13-9-11(2)16-17-13/h3-5,8-9H,6-7H2,1-2H3,(H,16,17)(H,18,20)(H,19,21). The molecule has 116 valence electrons. The van der Waals surface area contributed by atoms with Crippen LogP contribution in [0.15, 0.2) is 30.3 Å². The van der Waals surface area contributed by atoms with Gasteiger partial charge < -0.3 is 4.74 Å². The number of aryl methyl sites for hydroxylation is 2. The summed E-state index contributed by atoms with van der Waals surface area (Å²) in [5.74, 6) is -0.514. The fourth-order valence-corrected chi connectivity index (χ4v) is 1.87. The van der Waals surface area contributed by atoms with Gasteiger partial charge in [-0.1, -0.05) is 29.8 Å². The minimum absolute atomic E-state index is 0.192. The second kappa shape index (κ2) is 7.26. The molecule has 2 amide bonds. The summed E-state index contributed by atoms with van der Waals surface area (Å²) in [5, 5.41) is 6.41. The Hall–Kier alpha value is -2.83. The second-order valence-electron chi connectivity index (χ2n) is 4.89. The van der Waals surface area contributed by atoms with Crippen LogP contribution >= 0.6 is 0 Å². The topological polar surface area (TPSA) is 96.1 Å². The maximum atomic E-state index is 11.6. The Morgan fingerprint density at radius 2 is 2.05 bits per heavy atom. The SMILES string of the molecule is Cc1cccc(CCOC(=O)NNC(=O)c2cc(C)[nH]n2)c1. The van der Waals surface area contributed by atoms with Gasteiger partial charge in [0.25, 0.3) is 5.91 Å². The number of ether oxygens (including phenoxy) is 1. The molecule has 1 aromatic carbocycles. The van der Waals surface area contributed by atoms with Gasteiger partial charge in [-0.05, 0) is 25.5 Å². The molecule has 7 nitrogen and oxygen atoms in total. The monoisotopic (exact) mass is 302 g/mol. The molecule has 0 bridgehead atoms. The van der Waals surface area contributed by atoms with Crippen molar-refractivity contribution in [2.75, 3.05) is 6.61 Å². The smallest absolute Gasteiger partial charge is 0.426 e. The van der Waals surface area contributed by atoms with Crippen molar-refractivity contribution in [1.82, 2.24) is 21.0 Å². The second-order valence-corrected chi connectivity index (χ2v) is 4.89. The Labute approximate surface area is 128 Å². The summed E-state index contributed by atoms with van der Waals surface area (Å²) >= 11 is 0. The molecule has 0 fully saturated rings. The zero-order valence-corrected chi connectivity index (χ0v) is 12.5. The first-order chi connectivity index (χ1) is 10.5. The maximum Gasteiger partial charge on any atom is 0.426 e. The van der Waals surface area contributed by atoms with Gasteiger partial charge in [0.15, 0.2) is 5.69 Å². The van der Waals surface area contributed by atoms with Crippen LogP contribution in [0.3, 0.4) is 0 Å². The van der Waals surface area contributed by atoms with Crippen molar-refractivity contribution in [3.05, 3.63) is 52.8 Å². The van der Waals surface area contributed by atoms with E-state index in [1.54, 1.807) is 13.0 Å². The van der Waals surface area contributed by atoms with Gasteiger partial charge in [0, 0.05) is 12.1 Å². The molecule has 1 heterocycles. The fourth-order valence-electron chi connectivity index (χ4n) is 1.87. The van der Waals surface area contributed by atoms with E-state index in [2.05, 4.69) is 21.0 Å². The molecular weight excluding hydrogens is 284 g/mol. The summed E-state index contributed by atoms with van der Waals surface area (Å²) in [6.07, 6.45) is -0.102. The van der Waals surface area contributed by atoms with E-state index < -0.39 is 12.0 Å². The largest absolute Gasteiger partial charge is 0.448 e. The quantitative estimate of drug-likeness (QED) is 0.748. The zero-order chi connectivity index (χ0) is 15.9. The van der Waals surface area contributed by atoms with Gasteiger partial charge in [-0.3, -0.25) is 15.3 Å². The van der Waals surface area contributed by atoms with Gasteiger partial charge in [-0.15, -0.1) is 0 Å². The summed E-state index contributed by atoms with van der Waals surface area (Å²) < 4.78 is 4.98. The van der Waals surface area contributed by atoms with Crippen LogP contribution in [0.1, 0.15) is 27.3 Å². The van der Waals surface area contributed by atoms with Gasteiger partial charge in [0.1, 0.15) is 0 Å². The summed E-state index contributed by atoms with van der Waals surface area (Å²) in [6, 6.07) is 9.53. The highest BCUT2D eigenvalue weighted by Gasteiger charge is 2.10. The number of aromatic amines is 1. The Balaban J connectivity index is 1.69. The van der Waals surface area contributed by atoms with E-state index in [1.807, 2.05) is 31.2 Å². The highest BCUT2D eigenvalue weighted by molar-refractivity contribution is 5.93. The van der Waals surface area contributed by atoms with Crippen LogP contribution in [0.25, 0.3) is 0 Å². The molecule has 3 N–H and O–H groups in total. The number of hydrogen-bond donors (Lipinski definition) is 3. The Kier molecular flexibility index (Phi) is 5.13. The van der Waals surface area contributed by atoms with Gasteiger partial charge in [0.05, 0.1) is 6.61 Å². The molecule has 0 spiro atoms. The molecule has 0 unspecified atom stereocenters. The lowest BCUT2D eigenvalue weighted by Crippen LogP contribution is -2.42. The van der Waals surface area contributed by atoms with Crippen LogP contribution in [0.5, 0.6) is 0 Å². The molecule has 2 aromatic rings. The van der Waals surface area contributed by atoms with Crippen LogP contribution in [0.4, 0.5) is 4.79 Å². The summed E-state index contributed by atoms with van der Waals surface area (Å²) in [7, 11) is 0. The number of rotatable bonds is 4. The first-order valence-corrected chi connectivity index (χ1v) is 6.85. The predicted molar refractivity (Wildman–Crippen MR) is 80.2 cm³/mol. The molecule has 0 aliphatic rings. The summed E-state index contributed by atoms with van der Waals surface area (Å²) in [6.45, 7) is 4.01. The molecule has 0 aliphatic heterocycles. The van der Waals surface area contributed by atoms with Crippen LogP contribution in [0.2, 0.25) is 0 Å². The van der Waals surface area contributed by atoms with Crippen LogP contribution in [0, 0.1) is 13.8 Å². The number of hydrazine groups is 1. The molecule has 0 saturated heterocycles. The van der Waals surface area contributed by atoms with Gasteiger partial charge >= 0.3 is 6.09 Å². The van der Waals surface area contributed by atoms with E-state index >= 15 is 0 Å². The minimum atomic E-state index is -0.715. The van der Waals surface area contributed by atoms with Crippen molar-refractivity contribution >= 4 is 12.0 Å². The molecule has 0 saturated carbocycles. The predicted octanol–water partition coefficient (Wildman–Crippen LogP) is 1.64. The number of benzene rings is 1. The van der Waals surface area contributed by atoms with Crippen LogP contribution in [-0.4, -0.2) is 28.8 Å². The van der Waals surface area contributed by atoms with Gasteiger partial charge in [-0.25, -0.2) is 10.2 Å². The fraction of sp³-hybridized carbons (Fsp3) is 0.267. The van der Waals surface area contributed by atoms with Crippen molar-refractivity contribution < 1.29 is 14.3 Å². The Morgan fingerprint density at radius 1 is 1.23 bits per heavy atom. The number of carbonyl (C=O) groups is 2. The van der Waals surface area contributed by atoms with E-state index in [0.29, 0.717) is 6.42 Å². The number of carbonyl (C=O) groups excluding carboxylic acids is 2. The first kappa shape index (κ1) is 15.6. The molecule has 0 radical (unpaired) electrons. The van der Waals surface area contributed by atoms with Gasteiger partial charge in [0.2, 0.25) is 0 Å². The minimum Gasteiger partial charge on any atom is -0.448 e. The van der Waals surface area contributed by atoms with Crippen molar-refractivity contribution in [3.63, 3.8) is 0 Å². The first-order valence-electron chi connectivity index (χ1n) is 6.85. The molecular formula is C15H18N4O3. The molecule has 2 rings (SSSR count). The van der Waals surface area contributed by atoms with E-state index in [0.717, 1.165) is 16.8 Å². The molecule has 22 heavy (non-hydrogen) atoms. The third-order valence-electron chi connectivity index (χ3n) is 2.92. The van der Waals surface area contributed by atoms with E-state index in [4.69, 9.17) is 4.74 Å².